The molecule has 3 aliphatic heterocycles. The molecule has 3 heteroatoms. The predicted octanol–water partition coefficient (Wildman–Crippen LogP) is 2.69. The van der Waals surface area contributed by atoms with Crippen molar-refractivity contribution in [1.82, 2.24) is 10.2 Å². The summed E-state index contributed by atoms with van der Waals surface area (Å²) in [4.78, 5) is 2.86. The van der Waals surface area contributed by atoms with Crippen LogP contribution in [-0.2, 0) is 4.74 Å². The summed E-state index contributed by atoms with van der Waals surface area (Å²) < 4.78 is 6.13. The van der Waals surface area contributed by atoms with Crippen LogP contribution >= 0.6 is 0 Å². The van der Waals surface area contributed by atoms with Gasteiger partial charge in [-0.2, -0.15) is 0 Å². The van der Waals surface area contributed by atoms with Gasteiger partial charge in [0, 0.05) is 30.8 Å². The molecule has 1 N–H and O–H groups in total. The molecule has 4 aliphatic rings. The highest BCUT2D eigenvalue weighted by molar-refractivity contribution is 5.00. The summed E-state index contributed by atoms with van der Waals surface area (Å²) in [7, 11) is 0. The lowest BCUT2D eigenvalue weighted by atomic mass is 9.73. The van der Waals surface area contributed by atoms with Gasteiger partial charge in [0.2, 0.25) is 0 Å². The Morgan fingerprint density at radius 3 is 2.45 bits per heavy atom. The van der Waals surface area contributed by atoms with E-state index in [1.54, 1.807) is 0 Å². The minimum Gasteiger partial charge on any atom is -0.375 e. The molecular weight excluding hydrogens is 248 g/mol. The number of hydrogen-bond donors (Lipinski definition) is 1. The maximum absolute atomic E-state index is 6.13. The van der Waals surface area contributed by atoms with E-state index in [1.165, 1.54) is 64.3 Å². The van der Waals surface area contributed by atoms with E-state index >= 15 is 0 Å². The molecule has 114 valence electrons. The van der Waals surface area contributed by atoms with Crippen LogP contribution in [0.15, 0.2) is 0 Å². The van der Waals surface area contributed by atoms with Gasteiger partial charge in [-0.25, -0.2) is 0 Å². The summed E-state index contributed by atoms with van der Waals surface area (Å²) in [5.74, 6) is 0. The second-order valence-corrected chi connectivity index (χ2v) is 7.63. The van der Waals surface area contributed by atoms with Gasteiger partial charge < -0.3 is 10.1 Å². The van der Waals surface area contributed by atoms with Crippen LogP contribution in [0.2, 0.25) is 0 Å². The van der Waals surface area contributed by atoms with Crippen molar-refractivity contribution in [1.29, 1.82) is 0 Å². The Hall–Kier alpha value is -0.120. The van der Waals surface area contributed by atoms with E-state index in [1.807, 2.05) is 0 Å². The Bertz CT molecular complexity index is 343. The van der Waals surface area contributed by atoms with Crippen molar-refractivity contribution in [2.24, 2.45) is 0 Å². The van der Waals surface area contributed by atoms with Crippen LogP contribution in [0.4, 0.5) is 0 Å². The summed E-state index contributed by atoms with van der Waals surface area (Å²) >= 11 is 0. The highest BCUT2D eigenvalue weighted by atomic mass is 16.5. The summed E-state index contributed by atoms with van der Waals surface area (Å²) in [6.45, 7) is 4.59. The topological polar surface area (TPSA) is 24.5 Å². The van der Waals surface area contributed by atoms with Crippen molar-refractivity contribution < 1.29 is 4.74 Å². The van der Waals surface area contributed by atoms with E-state index < -0.39 is 0 Å². The zero-order valence-corrected chi connectivity index (χ0v) is 12.9. The second-order valence-electron chi connectivity index (χ2n) is 7.63. The predicted molar refractivity (Wildman–Crippen MR) is 80.9 cm³/mol. The number of rotatable bonds is 3. The van der Waals surface area contributed by atoms with Crippen molar-refractivity contribution in [2.45, 2.75) is 94.5 Å². The molecule has 3 nitrogen and oxygen atoms in total. The molecule has 4 fully saturated rings. The molecule has 1 spiro atoms. The van der Waals surface area contributed by atoms with Crippen molar-refractivity contribution in [3.63, 3.8) is 0 Å². The summed E-state index contributed by atoms with van der Waals surface area (Å²) in [5.41, 5.74) is 0.294. The van der Waals surface area contributed by atoms with E-state index in [-0.39, 0.29) is 0 Å². The van der Waals surface area contributed by atoms with E-state index in [4.69, 9.17) is 4.74 Å². The lowest BCUT2D eigenvalue weighted by Crippen LogP contribution is -2.57. The van der Waals surface area contributed by atoms with Gasteiger partial charge in [-0.3, -0.25) is 4.90 Å². The monoisotopic (exact) mass is 278 g/mol. The van der Waals surface area contributed by atoms with Crippen LogP contribution in [0, 0.1) is 0 Å². The van der Waals surface area contributed by atoms with Gasteiger partial charge >= 0.3 is 0 Å². The van der Waals surface area contributed by atoms with Crippen LogP contribution < -0.4 is 5.32 Å². The van der Waals surface area contributed by atoms with Gasteiger partial charge in [0.15, 0.2) is 0 Å². The highest BCUT2D eigenvalue weighted by Gasteiger charge is 2.45. The lowest BCUT2D eigenvalue weighted by molar-refractivity contribution is -0.152. The Kier molecular flexibility index (Phi) is 3.56. The van der Waals surface area contributed by atoms with Crippen molar-refractivity contribution in [3.05, 3.63) is 0 Å². The maximum Gasteiger partial charge on any atom is 0.0697 e. The standard InChI is InChI=1S/C17H30N2O/c1-2-19(16-10-13-4-5-14(11-16)18-13)15-6-9-20-17(12-15)7-3-8-17/h13-16,18H,2-12H2,1H3. The molecule has 0 radical (unpaired) electrons. The van der Waals surface area contributed by atoms with Gasteiger partial charge in [0.05, 0.1) is 5.60 Å². The molecule has 3 unspecified atom stereocenters. The largest absolute Gasteiger partial charge is 0.375 e. The maximum atomic E-state index is 6.13. The molecule has 0 aromatic rings. The Labute approximate surface area is 123 Å². The third kappa shape index (κ3) is 2.32. The molecule has 0 aromatic carbocycles. The normalized spacial score (nSPS) is 42.9. The molecule has 1 aliphatic carbocycles. The summed E-state index contributed by atoms with van der Waals surface area (Å²) in [5, 5.41) is 3.79. The Morgan fingerprint density at radius 1 is 1.10 bits per heavy atom. The fourth-order valence-corrected chi connectivity index (χ4v) is 5.32. The number of ether oxygens (including phenoxy) is 1. The molecule has 4 rings (SSSR count). The van der Waals surface area contributed by atoms with E-state index in [2.05, 4.69) is 17.1 Å². The van der Waals surface area contributed by atoms with Crippen LogP contribution in [0.5, 0.6) is 0 Å². The first kappa shape index (κ1) is 13.5. The van der Waals surface area contributed by atoms with Crippen LogP contribution in [0.1, 0.15) is 64.7 Å². The van der Waals surface area contributed by atoms with E-state index in [0.717, 1.165) is 30.8 Å². The zero-order chi connectivity index (χ0) is 13.6. The van der Waals surface area contributed by atoms with Crippen LogP contribution in [0.25, 0.3) is 0 Å². The smallest absolute Gasteiger partial charge is 0.0697 e. The number of hydrogen-bond acceptors (Lipinski definition) is 3. The molecule has 3 saturated heterocycles. The average Bonchev–Trinajstić information content (AvgIpc) is 2.77. The number of fused-ring (bicyclic) bond motifs is 2. The Balaban J connectivity index is 1.44. The minimum absolute atomic E-state index is 0.294. The van der Waals surface area contributed by atoms with E-state index in [0.29, 0.717) is 5.60 Å². The van der Waals surface area contributed by atoms with Crippen LogP contribution in [0.3, 0.4) is 0 Å². The number of nitrogens with zero attached hydrogens (tertiary/aromatic N) is 1. The number of nitrogens with one attached hydrogen (secondary N) is 1. The van der Waals surface area contributed by atoms with Crippen molar-refractivity contribution >= 4 is 0 Å². The average molecular weight is 278 g/mol. The first-order chi connectivity index (χ1) is 9.78. The lowest BCUT2D eigenvalue weighted by Gasteiger charge is -2.51. The molecule has 20 heavy (non-hydrogen) atoms. The van der Waals surface area contributed by atoms with Crippen molar-refractivity contribution in [2.75, 3.05) is 13.2 Å². The zero-order valence-electron chi connectivity index (χ0n) is 12.9. The number of piperidine rings is 1. The first-order valence-electron chi connectivity index (χ1n) is 8.94. The molecule has 3 heterocycles. The quantitative estimate of drug-likeness (QED) is 0.859. The molecular formula is C17H30N2O. The third-order valence-electron chi connectivity index (χ3n) is 6.48. The van der Waals surface area contributed by atoms with E-state index in [9.17, 15) is 0 Å². The van der Waals surface area contributed by atoms with Gasteiger partial charge in [-0.05, 0) is 64.3 Å². The van der Waals surface area contributed by atoms with Crippen LogP contribution in [-0.4, -0.2) is 47.8 Å². The Morgan fingerprint density at radius 2 is 1.85 bits per heavy atom. The SMILES string of the molecule is CCN(C1CC2CCC(C1)N2)C1CCOC2(CCC2)C1. The first-order valence-corrected chi connectivity index (χ1v) is 8.94. The fourth-order valence-electron chi connectivity index (χ4n) is 5.32. The summed E-state index contributed by atoms with van der Waals surface area (Å²) in [6, 6.07) is 3.24. The molecule has 2 bridgehead atoms. The second kappa shape index (κ2) is 5.26. The fraction of sp³-hybridized carbons (Fsp3) is 1.00. The highest BCUT2D eigenvalue weighted by Crippen LogP contribution is 2.44. The van der Waals surface area contributed by atoms with Gasteiger partial charge in [-0.1, -0.05) is 6.92 Å². The molecule has 3 atom stereocenters. The summed E-state index contributed by atoms with van der Waals surface area (Å²) in [6.07, 6.45) is 12.2. The molecule has 0 aromatic heterocycles. The van der Waals surface area contributed by atoms with Gasteiger partial charge in [0.1, 0.15) is 0 Å². The molecule has 1 saturated carbocycles. The molecule has 0 amide bonds. The van der Waals surface area contributed by atoms with Crippen molar-refractivity contribution in [3.8, 4) is 0 Å². The van der Waals surface area contributed by atoms with Gasteiger partial charge in [0.25, 0.3) is 0 Å². The van der Waals surface area contributed by atoms with Gasteiger partial charge in [-0.15, -0.1) is 0 Å². The minimum atomic E-state index is 0.294. The third-order valence-corrected chi connectivity index (χ3v) is 6.48.